The molecule has 4 rings (SSSR count). The molecule has 0 atom stereocenters. The second-order valence-corrected chi connectivity index (χ2v) is 8.41. The van der Waals surface area contributed by atoms with Crippen molar-refractivity contribution in [3.8, 4) is 11.5 Å². The number of hydrogen-bond acceptors (Lipinski definition) is 4. The lowest BCUT2D eigenvalue weighted by Gasteiger charge is -2.37. The first-order valence-corrected chi connectivity index (χ1v) is 9.45. The van der Waals surface area contributed by atoms with Crippen molar-refractivity contribution >= 4 is 9.05 Å². The molecule has 0 saturated carbocycles. The van der Waals surface area contributed by atoms with Gasteiger partial charge in [0.25, 0.3) is 0 Å². The van der Waals surface area contributed by atoms with Crippen LogP contribution in [0.5, 0.6) is 11.5 Å². The van der Waals surface area contributed by atoms with Gasteiger partial charge in [0.15, 0.2) is 0 Å². The summed E-state index contributed by atoms with van der Waals surface area (Å²) in [5.41, 5.74) is 6.70. The molecule has 0 saturated heterocycles. The van der Waals surface area contributed by atoms with Crippen molar-refractivity contribution in [1.29, 1.82) is 0 Å². The van der Waals surface area contributed by atoms with Gasteiger partial charge < -0.3 is 17.7 Å². The number of rotatable bonds is 0. The molecule has 0 aromatic heterocycles. The van der Waals surface area contributed by atoms with Gasteiger partial charge in [-0.1, -0.05) is 35.4 Å². The average molecular weight is 328 g/mol. The van der Waals surface area contributed by atoms with Crippen LogP contribution in [0.15, 0.2) is 24.3 Å². The van der Waals surface area contributed by atoms with Gasteiger partial charge in [0.2, 0.25) is 0 Å². The van der Waals surface area contributed by atoms with Gasteiger partial charge in [0.05, 0.1) is 13.2 Å². The van der Waals surface area contributed by atoms with E-state index in [0.29, 0.717) is 13.2 Å². The van der Waals surface area contributed by atoms with Crippen LogP contribution in [0.25, 0.3) is 0 Å². The maximum Gasteiger partial charge on any atom is 0.821 e. The number of aryl methyl sites for hydroxylation is 4. The van der Waals surface area contributed by atoms with Gasteiger partial charge in [-0.2, -0.15) is 0 Å². The highest BCUT2D eigenvalue weighted by Crippen LogP contribution is 2.39. The minimum atomic E-state index is -3.17. The topological polar surface area (TPSA) is 36.9 Å². The average Bonchev–Trinajstić information content (AvgIpc) is 2.49. The molecule has 2 aliphatic heterocycles. The Bertz CT molecular complexity index is 733. The molecule has 0 N–H and O–H groups in total. The molecule has 4 nitrogen and oxygen atoms in total. The van der Waals surface area contributed by atoms with Crippen LogP contribution < -0.4 is 8.85 Å². The van der Waals surface area contributed by atoms with Gasteiger partial charge in [-0.25, -0.2) is 0 Å². The highest BCUT2D eigenvalue weighted by Gasteiger charge is 2.57. The molecule has 0 aliphatic carbocycles. The monoisotopic (exact) mass is 328 g/mol. The second kappa shape index (κ2) is 5.09. The first-order chi connectivity index (χ1) is 11.0. The third-order valence-corrected chi connectivity index (χ3v) is 6.16. The zero-order chi connectivity index (χ0) is 16.2. The summed E-state index contributed by atoms with van der Waals surface area (Å²) in [6.07, 6.45) is 0. The van der Waals surface area contributed by atoms with Crippen molar-refractivity contribution < 1.29 is 17.7 Å². The van der Waals surface area contributed by atoms with Crippen LogP contribution in [-0.4, -0.2) is 9.05 Å². The smallest absolute Gasteiger partial charge is 0.470 e. The van der Waals surface area contributed by atoms with Crippen molar-refractivity contribution in [3.05, 3.63) is 57.6 Å². The van der Waals surface area contributed by atoms with Crippen molar-refractivity contribution in [2.75, 3.05) is 0 Å². The zero-order valence-electron chi connectivity index (χ0n) is 13.9. The van der Waals surface area contributed by atoms with E-state index in [4.69, 9.17) is 17.7 Å². The molecule has 0 fully saturated rings. The normalized spacial score (nSPS) is 17.9. The predicted octanol–water partition coefficient (Wildman–Crippen LogP) is 3.87. The van der Waals surface area contributed by atoms with Crippen molar-refractivity contribution in [1.82, 2.24) is 0 Å². The van der Waals surface area contributed by atoms with Gasteiger partial charge in [-0.15, -0.1) is 0 Å². The first-order valence-electron chi connectivity index (χ1n) is 7.82. The summed E-state index contributed by atoms with van der Waals surface area (Å²) in [6, 6.07) is 8.40. The van der Waals surface area contributed by atoms with Gasteiger partial charge in [0, 0.05) is 11.1 Å². The van der Waals surface area contributed by atoms with Crippen LogP contribution in [0.4, 0.5) is 0 Å². The van der Waals surface area contributed by atoms with E-state index >= 15 is 0 Å². The van der Waals surface area contributed by atoms with E-state index < -0.39 is 9.05 Å². The predicted molar refractivity (Wildman–Crippen MR) is 88.4 cm³/mol. The van der Waals surface area contributed by atoms with Crippen LogP contribution in [0.3, 0.4) is 0 Å². The van der Waals surface area contributed by atoms with Crippen molar-refractivity contribution in [3.63, 3.8) is 0 Å². The fourth-order valence-corrected chi connectivity index (χ4v) is 5.46. The summed E-state index contributed by atoms with van der Waals surface area (Å²) in [5, 5.41) is 0. The second-order valence-electron chi connectivity index (χ2n) is 6.42. The summed E-state index contributed by atoms with van der Waals surface area (Å²) in [6.45, 7) is 9.17. The Balaban J connectivity index is 1.71. The van der Waals surface area contributed by atoms with Crippen molar-refractivity contribution in [2.45, 2.75) is 40.9 Å². The molecule has 2 aromatic carbocycles. The summed E-state index contributed by atoms with van der Waals surface area (Å²) >= 11 is 0. The Kier molecular flexibility index (Phi) is 3.26. The van der Waals surface area contributed by atoms with Crippen LogP contribution in [0.1, 0.15) is 33.4 Å². The Morgan fingerprint density at radius 1 is 0.696 bits per heavy atom. The van der Waals surface area contributed by atoms with E-state index in [-0.39, 0.29) is 0 Å². The van der Waals surface area contributed by atoms with Gasteiger partial charge in [-0.05, 0) is 38.8 Å². The van der Waals surface area contributed by atoms with Gasteiger partial charge >= 0.3 is 9.05 Å². The number of benzene rings is 2. The van der Waals surface area contributed by atoms with Crippen LogP contribution in [0, 0.1) is 27.7 Å². The summed E-state index contributed by atoms with van der Waals surface area (Å²) in [7, 11) is -3.17. The maximum absolute atomic E-state index is 6.16. The molecule has 5 heteroatoms. The molecule has 2 aliphatic rings. The highest BCUT2D eigenvalue weighted by molar-refractivity contribution is 6.55. The Labute approximate surface area is 137 Å². The Morgan fingerprint density at radius 3 is 1.57 bits per heavy atom. The zero-order valence-corrected chi connectivity index (χ0v) is 14.9. The fraction of sp³-hybridized carbons (Fsp3) is 0.333. The lowest BCUT2D eigenvalue weighted by molar-refractivity contribution is 0.00472. The summed E-state index contributed by atoms with van der Waals surface area (Å²) < 4.78 is 24.2. The molecule has 0 amide bonds. The molecule has 120 valence electrons. The lowest BCUT2D eigenvalue weighted by atomic mass is 10.1. The molecule has 2 heterocycles. The van der Waals surface area contributed by atoms with Gasteiger partial charge in [0.1, 0.15) is 11.5 Å². The van der Waals surface area contributed by atoms with E-state index in [1.54, 1.807) is 0 Å². The molecule has 0 bridgehead atoms. The minimum absolute atomic E-state index is 0.463. The van der Waals surface area contributed by atoms with Crippen LogP contribution in [-0.2, 0) is 22.1 Å². The highest BCUT2D eigenvalue weighted by atomic mass is 28.4. The quantitative estimate of drug-likeness (QED) is 0.688. The Hall–Kier alpha value is -1.82. The van der Waals surface area contributed by atoms with E-state index in [2.05, 4.69) is 38.1 Å². The fourth-order valence-electron chi connectivity index (χ4n) is 3.35. The molecule has 2 aromatic rings. The van der Waals surface area contributed by atoms with E-state index in [1.807, 2.05) is 13.8 Å². The molecule has 0 radical (unpaired) electrons. The number of hydrogen-bond donors (Lipinski definition) is 0. The van der Waals surface area contributed by atoms with E-state index in [0.717, 1.165) is 33.8 Å². The summed E-state index contributed by atoms with van der Waals surface area (Å²) in [4.78, 5) is 0. The van der Waals surface area contributed by atoms with Gasteiger partial charge in [-0.3, -0.25) is 0 Å². The molecule has 0 unspecified atom stereocenters. The largest absolute Gasteiger partial charge is 0.821 e. The minimum Gasteiger partial charge on any atom is -0.470 e. The molecule has 1 spiro atoms. The van der Waals surface area contributed by atoms with Crippen LogP contribution in [0.2, 0.25) is 0 Å². The lowest BCUT2D eigenvalue weighted by Crippen LogP contribution is -2.58. The van der Waals surface area contributed by atoms with Crippen molar-refractivity contribution in [2.24, 2.45) is 0 Å². The standard InChI is InChI=1S/C18H20O4Si/c1-11-5-13(3)17-15(7-11)9-19-23(21-17)20-10-16-8-12(2)6-14(4)18(16)22-23/h5-8H,9-10H2,1-4H3. The molecular formula is C18H20O4Si. The molecule has 23 heavy (non-hydrogen) atoms. The third kappa shape index (κ3) is 2.45. The van der Waals surface area contributed by atoms with Crippen LogP contribution >= 0.6 is 0 Å². The Morgan fingerprint density at radius 2 is 1.13 bits per heavy atom. The first kappa shape index (κ1) is 14.7. The van der Waals surface area contributed by atoms with E-state index in [9.17, 15) is 0 Å². The SMILES string of the molecule is Cc1cc(C)c2c(c1)CO[Si]1(OCc3cc(C)cc(C)c3O1)O2. The summed E-state index contributed by atoms with van der Waals surface area (Å²) in [5.74, 6) is 1.70. The van der Waals surface area contributed by atoms with E-state index in [1.165, 1.54) is 11.1 Å². The maximum atomic E-state index is 6.16. The third-order valence-electron chi connectivity index (χ3n) is 4.25. The number of fused-ring (bicyclic) bond motifs is 2. The molecular weight excluding hydrogens is 308 g/mol.